The summed E-state index contributed by atoms with van der Waals surface area (Å²) in [5.74, 6) is 0. The van der Waals surface area contributed by atoms with E-state index in [4.69, 9.17) is 0 Å². The van der Waals surface area contributed by atoms with Crippen LogP contribution < -0.4 is 0 Å². The molecule has 0 radical (unpaired) electrons. The quantitative estimate of drug-likeness (QED) is 0.649. The molecule has 1 fully saturated rings. The molecule has 1 N–H and O–H groups in total. The molecule has 0 aliphatic carbocycles. The molecular formula is C22H28NO+. The first-order valence-corrected chi connectivity index (χ1v) is 8.97. The van der Waals surface area contributed by atoms with Crippen LogP contribution >= 0.6 is 0 Å². The minimum Gasteiger partial charge on any atom is -0.377 e. The fraction of sp³-hybridized carbons (Fsp3) is 0.364. The van der Waals surface area contributed by atoms with E-state index >= 15 is 0 Å². The second-order valence-corrected chi connectivity index (χ2v) is 7.21. The zero-order valence-electron chi connectivity index (χ0n) is 14.6. The highest BCUT2D eigenvalue weighted by Gasteiger charge is 2.29. The molecule has 1 aliphatic rings. The van der Waals surface area contributed by atoms with Crippen LogP contribution in [-0.4, -0.2) is 36.3 Å². The van der Waals surface area contributed by atoms with Crippen molar-refractivity contribution in [1.82, 2.24) is 0 Å². The van der Waals surface area contributed by atoms with Crippen molar-refractivity contribution >= 4 is 0 Å². The van der Waals surface area contributed by atoms with Crippen LogP contribution in [0.1, 0.15) is 30.4 Å². The van der Waals surface area contributed by atoms with Gasteiger partial charge in [-0.05, 0) is 42.5 Å². The van der Waals surface area contributed by atoms with Crippen molar-refractivity contribution in [3.05, 3.63) is 83.9 Å². The minimum absolute atomic E-state index is 0.911. The second-order valence-electron chi connectivity index (χ2n) is 7.21. The first kappa shape index (κ1) is 16.9. The van der Waals surface area contributed by atoms with Gasteiger partial charge < -0.3 is 9.59 Å². The van der Waals surface area contributed by atoms with Gasteiger partial charge in [0, 0.05) is 0 Å². The van der Waals surface area contributed by atoms with Gasteiger partial charge in [-0.1, -0.05) is 60.7 Å². The van der Waals surface area contributed by atoms with Crippen LogP contribution in [0.5, 0.6) is 0 Å². The van der Waals surface area contributed by atoms with Crippen molar-refractivity contribution in [2.45, 2.75) is 24.9 Å². The van der Waals surface area contributed by atoms with Gasteiger partial charge in [-0.2, -0.15) is 0 Å². The van der Waals surface area contributed by atoms with Crippen LogP contribution in [0.2, 0.25) is 0 Å². The van der Waals surface area contributed by atoms with E-state index in [0.29, 0.717) is 0 Å². The Kier molecular flexibility index (Phi) is 5.17. The Balaban J connectivity index is 1.87. The molecule has 0 bridgehead atoms. The number of hydrogen-bond acceptors (Lipinski definition) is 1. The van der Waals surface area contributed by atoms with Crippen LogP contribution in [0.15, 0.2) is 72.8 Å². The molecule has 0 saturated carbocycles. The molecule has 2 aromatic carbocycles. The number of likely N-dealkylation sites (tertiary alicyclic amines) is 1. The van der Waals surface area contributed by atoms with Crippen LogP contribution in [0.3, 0.4) is 0 Å². The molecule has 126 valence electrons. The normalized spacial score (nSPS) is 17.9. The highest BCUT2D eigenvalue weighted by atomic mass is 16.3. The van der Waals surface area contributed by atoms with Crippen LogP contribution in [-0.2, 0) is 5.60 Å². The van der Waals surface area contributed by atoms with E-state index in [0.717, 1.165) is 22.2 Å². The summed E-state index contributed by atoms with van der Waals surface area (Å²) in [5, 5.41) is 11.5. The number of aliphatic hydroxyl groups is 1. The SMILES string of the molecule is C[N+]1(C/C=C/C(O)(c2ccccc2)c2ccccc2)CCCCC1. The van der Waals surface area contributed by atoms with Gasteiger partial charge in [-0.25, -0.2) is 0 Å². The Hall–Kier alpha value is -1.90. The molecule has 24 heavy (non-hydrogen) atoms. The smallest absolute Gasteiger partial charge is 0.133 e. The standard InChI is InChI=1S/C22H28NO/c1-23(17-9-4-10-18-23)19-11-16-22(24,20-12-5-2-6-13-20)21-14-7-3-8-15-21/h2-3,5-8,11-16,24H,4,9-10,17-19H2,1H3/q+1/b16-11+. The molecule has 0 amide bonds. The lowest BCUT2D eigenvalue weighted by Crippen LogP contribution is -2.47. The molecule has 1 heterocycles. The monoisotopic (exact) mass is 322 g/mol. The number of piperidine rings is 1. The fourth-order valence-electron chi connectivity index (χ4n) is 3.68. The summed E-state index contributed by atoms with van der Waals surface area (Å²) < 4.78 is 1.08. The van der Waals surface area contributed by atoms with Gasteiger partial charge in [0.2, 0.25) is 0 Å². The Morgan fingerprint density at radius 1 is 0.875 bits per heavy atom. The summed E-state index contributed by atoms with van der Waals surface area (Å²) in [6, 6.07) is 19.9. The number of benzene rings is 2. The Labute approximate surface area is 145 Å². The van der Waals surface area contributed by atoms with Crippen molar-refractivity contribution in [2.75, 3.05) is 26.7 Å². The van der Waals surface area contributed by atoms with Crippen LogP contribution in [0, 0.1) is 0 Å². The van der Waals surface area contributed by atoms with Gasteiger partial charge in [0.05, 0.1) is 26.7 Å². The van der Waals surface area contributed by atoms with E-state index < -0.39 is 5.60 Å². The molecule has 0 atom stereocenters. The molecule has 0 aromatic heterocycles. The van der Waals surface area contributed by atoms with Crippen LogP contribution in [0.25, 0.3) is 0 Å². The number of hydrogen-bond donors (Lipinski definition) is 1. The van der Waals surface area contributed by atoms with Gasteiger partial charge in [-0.15, -0.1) is 0 Å². The summed E-state index contributed by atoms with van der Waals surface area (Å²) in [6.45, 7) is 3.45. The van der Waals surface area contributed by atoms with Crippen molar-refractivity contribution in [1.29, 1.82) is 0 Å². The molecule has 2 heteroatoms. The highest BCUT2D eigenvalue weighted by Crippen LogP contribution is 2.31. The molecule has 2 aromatic rings. The van der Waals surface area contributed by atoms with Gasteiger partial charge in [0.25, 0.3) is 0 Å². The molecule has 1 saturated heterocycles. The largest absolute Gasteiger partial charge is 0.377 e. The maximum Gasteiger partial charge on any atom is 0.133 e. The summed E-state index contributed by atoms with van der Waals surface area (Å²) in [4.78, 5) is 0. The maximum atomic E-state index is 11.5. The zero-order valence-corrected chi connectivity index (χ0v) is 14.6. The van der Waals surface area contributed by atoms with E-state index in [1.54, 1.807) is 0 Å². The molecule has 1 aliphatic heterocycles. The topological polar surface area (TPSA) is 20.2 Å². The average molecular weight is 322 g/mol. The third-order valence-electron chi connectivity index (χ3n) is 5.23. The third kappa shape index (κ3) is 3.77. The molecule has 0 unspecified atom stereocenters. The first-order chi connectivity index (χ1) is 11.6. The summed E-state index contributed by atoms with van der Waals surface area (Å²) >= 11 is 0. The van der Waals surface area contributed by atoms with Crippen molar-refractivity contribution < 1.29 is 9.59 Å². The van der Waals surface area contributed by atoms with Gasteiger partial charge in [0.15, 0.2) is 0 Å². The van der Waals surface area contributed by atoms with Crippen molar-refractivity contribution in [2.24, 2.45) is 0 Å². The zero-order chi connectivity index (χ0) is 16.9. The number of rotatable bonds is 5. The second kappa shape index (κ2) is 7.33. The fourth-order valence-corrected chi connectivity index (χ4v) is 3.68. The predicted octanol–water partition coefficient (Wildman–Crippen LogP) is 4.11. The van der Waals surface area contributed by atoms with Gasteiger partial charge in [-0.3, -0.25) is 0 Å². The molecular weight excluding hydrogens is 294 g/mol. The lowest BCUT2D eigenvalue weighted by molar-refractivity contribution is -0.908. The van der Waals surface area contributed by atoms with E-state index in [1.165, 1.54) is 32.4 Å². The van der Waals surface area contributed by atoms with E-state index in [2.05, 4.69) is 13.1 Å². The Morgan fingerprint density at radius 2 is 1.38 bits per heavy atom. The molecule has 0 spiro atoms. The predicted molar refractivity (Wildman–Crippen MR) is 99.7 cm³/mol. The van der Waals surface area contributed by atoms with E-state index in [9.17, 15) is 5.11 Å². The van der Waals surface area contributed by atoms with Gasteiger partial charge >= 0.3 is 0 Å². The Morgan fingerprint density at radius 3 is 1.88 bits per heavy atom. The summed E-state index contributed by atoms with van der Waals surface area (Å²) in [6.07, 6.45) is 8.13. The van der Waals surface area contributed by atoms with Crippen molar-refractivity contribution in [3.8, 4) is 0 Å². The number of quaternary nitrogens is 1. The molecule has 3 rings (SSSR count). The number of likely N-dealkylation sites (N-methyl/N-ethyl adjacent to an activating group) is 1. The third-order valence-corrected chi connectivity index (χ3v) is 5.23. The lowest BCUT2D eigenvalue weighted by atomic mass is 9.86. The minimum atomic E-state index is -1.07. The van der Waals surface area contributed by atoms with Gasteiger partial charge in [0.1, 0.15) is 5.60 Å². The van der Waals surface area contributed by atoms with Crippen molar-refractivity contribution in [3.63, 3.8) is 0 Å². The highest BCUT2D eigenvalue weighted by molar-refractivity contribution is 5.40. The first-order valence-electron chi connectivity index (χ1n) is 8.97. The molecule has 2 nitrogen and oxygen atoms in total. The van der Waals surface area contributed by atoms with E-state index in [-0.39, 0.29) is 0 Å². The van der Waals surface area contributed by atoms with E-state index in [1.807, 2.05) is 66.7 Å². The summed E-state index contributed by atoms with van der Waals surface area (Å²) in [7, 11) is 2.33. The number of nitrogens with zero attached hydrogens (tertiary/aromatic N) is 1. The van der Waals surface area contributed by atoms with Crippen LogP contribution in [0.4, 0.5) is 0 Å². The lowest BCUT2D eigenvalue weighted by Gasteiger charge is -2.37. The Bertz CT molecular complexity index is 617. The average Bonchev–Trinajstić information content (AvgIpc) is 2.63. The summed E-state index contributed by atoms with van der Waals surface area (Å²) in [5.41, 5.74) is 0.750. The maximum absolute atomic E-state index is 11.5.